The molecule has 0 bridgehead atoms. The Hall–Kier alpha value is -0.890. The predicted molar refractivity (Wildman–Crippen MR) is 58.3 cm³/mol. The number of hydrogen-bond donors (Lipinski definition) is 1. The van der Waals surface area contributed by atoms with Crippen molar-refractivity contribution >= 4 is 0 Å². The van der Waals surface area contributed by atoms with Gasteiger partial charge in [-0.1, -0.05) is 12.8 Å². The molecule has 2 atom stereocenters. The van der Waals surface area contributed by atoms with Gasteiger partial charge >= 0.3 is 0 Å². The first kappa shape index (κ1) is 9.34. The molecule has 0 amide bonds. The van der Waals surface area contributed by atoms with Gasteiger partial charge in [-0.05, 0) is 49.3 Å². The lowest BCUT2D eigenvalue weighted by Crippen LogP contribution is -2.10. The molecule has 1 N–H and O–H groups in total. The summed E-state index contributed by atoms with van der Waals surface area (Å²) in [6.07, 6.45) is 6.78. The van der Waals surface area contributed by atoms with Gasteiger partial charge in [-0.25, -0.2) is 0 Å². The largest absolute Gasteiger partial charge is 0.385 e. The van der Waals surface area contributed by atoms with E-state index in [1.165, 1.54) is 25.7 Å². The number of aliphatic hydroxyl groups is 1. The minimum atomic E-state index is -0.510. The Labute approximate surface area is 90.4 Å². The summed E-state index contributed by atoms with van der Waals surface area (Å²) in [5, 5.41) is 10.7. The highest BCUT2D eigenvalue weighted by molar-refractivity contribution is 5.33. The first-order valence-electron chi connectivity index (χ1n) is 5.88. The maximum absolute atomic E-state index is 10.7. The molecule has 3 rings (SSSR count). The molecule has 1 aromatic rings. The van der Waals surface area contributed by atoms with Crippen LogP contribution in [0, 0.1) is 18.8 Å². The van der Waals surface area contributed by atoms with Gasteiger partial charge in [-0.15, -0.1) is 0 Å². The van der Waals surface area contributed by atoms with E-state index < -0.39 is 5.60 Å². The monoisotopic (exact) mass is 203 g/mol. The van der Waals surface area contributed by atoms with Gasteiger partial charge in [0.25, 0.3) is 0 Å². The van der Waals surface area contributed by atoms with E-state index in [9.17, 15) is 5.11 Å². The zero-order chi connectivity index (χ0) is 10.5. The molecule has 0 radical (unpaired) electrons. The number of aromatic nitrogens is 1. The van der Waals surface area contributed by atoms with Crippen molar-refractivity contribution in [1.29, 1.82) is 0 Å². The van der Waals surface area contributed by atoms with E-state index in [4.69, 9.17) is 0 Å². The van der Waals surface area contributed by atoms with Crippen LogP contribution in [0.2, 0.25) is 0 Å². The lowest BCUT2D eigenvalue weighted by Gasteiger charge is -2.11. The van der Waals surface area contributed by atoms with Gasteiger partial charge in [0, 0.05) is 11.9 Å². The minimum Gasteiger partial charge on any atom is -0.385 e. The number of fused-ring (bicyclic) bond motifs is 1. The zero-order valence-corrected chi connectivity index (χ0v) is 9.11. The fourth-order valence-electron chi connectivity index (χ4n) is 3.32. The topological polar surface area (TPSA) is 33.1 Å². The van der Waals surface area contributed by atoms with Crippen LogP contribution in [-0.2, 0) is 5.60 Å². The van der Waals surface area contributed by atoms with Crippen molar-refractivity contribution in [2.24, 2.45) is 11.8 Å². The van der Waals surface area contributed by atoms with E-state index in [0.29, 0.717) is 11.8 Å². The molecule has 80 valence electrons. The van der Waals surface area contributed by atoms with E-state index >= 15 is 0 Å². The first-order chi connectivity index (χ1) is 7.23. The summed E-state index contributed by atoms with van der Waals surface area (Å²) >= 11 is 0. The summed E-state index contributed by atoms with van der Waals surface area (Å²) in [6.45, 7) is 1.99. The van der Waals surface area contributed by atoms with Crippen LogP contribution in [-0.4, -0.2) is 10.1 Å². The maximum Gasteiger partial charge on any atom is 0.0961 e. The molecule has 0 aromatic carbocycles. The zero-order valence-electron chi connectivity index (χ0n) is 9.11. The minimum absolute atomic E-state index is 0.510. The molecule has 2 fully saturated rings. The number of hydrogen-bond acceptors (Lipinski definition) is 2. The van der Waals surface area contributed by atoms with Crippen molar-refractivity contribution in [1.82, 2.24) is 4.98 Å². The molecule has 15 heavy (non-hydrogen) atoms. The maximum atomic E-state index is 10.7. The van der Waals surface area contributed by atoms with Gasteiger partial charge in [-0.3, -0.25) is 4.98 Å². The van der Waals surface area contributed by atoms with Crippen LogP contribution >= 0.6 is 0 Å². The van der Waals surface area contributed by atoms with Crippen molar-refractivity contribution in [2.45, 2.75) is 38.2 Å². The average molecular weight is 203 g/mol. The molecule has 2 aliphatic carbocycles. The third kappa shape index (κ3) is 1.24. The van der Waals surface area contributed by atoms with Crippen LogP contribution in [0.5, 0.6) is 0 Å². The van der Waals surface area contributed by atoms with Gasteiger partial charge in [0.2, 0.25) is 0 Å². The molecule has 0 saturated heterocycles. The molecule has 0 aliphatic heterocycles. The molecule has 2 nitrogen and oxygen atoms in total. The second kappa shape index (κ2) is 3.05. The second-order valence-corrected chi connectivity index (χ2v) is 5.01. The molecule has 0 spiro atoms. The fraction of sp³-hybridized carbons (Fsp3) is 0.615. The normalized spacial score (nSPS) is 38.5. The number of rotatable bonds is 1. The Morgan fingerprint density at radius 2 is 2.00 bits per heavy atom. The summed E-state index contributed by atoms with van der Waals surface area (Å²) in [6, 6.07) is 4.02. The molecule has 2 saturated carbocycles. The average Bonchev–Trinajstić information content (AvgIpc) is 2.87. The number of aryl methyl sites for hydroxylation is 1. The summed E-state index contributed by atoms with van der Waals surface area (Å²) < 4.78 is 0. The van der Waals surface area contributed by atoms with Crippen LogP contribution < -0.4 is 0 Å². The molecule has 1 heterocycles. The number of nitrogens with zero attached hydrogens (tertiary/aromatic N) is 1. The SMILES string of the molecule is Cc1cc(C2(O)C3CCCCC32)ccn1. The second-order valence-electron chi connectivity index (χ2n) is 5.01. The highest BCUT2D eigenvalue weighted by Gasteiger charge is 2.64. The Bertz CT molecular complexity index is 376. The molecule has 2 unspecified atom stereocenters. The lowest BCUT2D eigenvalue weighted by molar-refractivity contribution is 0.118. The fourth-order valence-corrected chi connectivity index (χ4v) is 3.32. The molecule has 2 aliphatic rings. The van der Waals surface area contributed by atoms with Gasteiger partial charge in [-0.2, -0.15) is 0 Å². The van der Waals surface area contributed by atoms with Gasteiger partial charge in [0.1, 0.15) is 0 Å². The van der Waals surface area contributed by atoms with E-state index in [1.54, 1.807) is 0 Å². The van der Waals surface area contributed by atoms with Gasteiger partial charge in [0.05, 0.1) is 5.60 Å². The van der Waals surface area contributed by atoms with Crippen LogP contribution in [0.1, 0.15) is 36.9 Å². The Morgan fingerprint density at radius 1 is 1.33 bits per heavy atom. The molecular weight excluding hydrogens is 186 g/mol. The highest BCUT2D eigenvalue weighted by Crippen LogP contribution is 2.64. The van der Waals surface area contributed by atoms with Gasteiger partial charge in [0.15, 0.2) is 0 Å². The standard InChI is InChI=1S/C13H17NO/c1-9-8-10(6-7-14-9)13(15)11-4-2-3-5-12(11)13/h6-8,11-12,15H,2-5H2,1H3. The van der Waals surface area contributed by atoms with Crippen LogP contribution in [0.4, 0.5) is 0 Å². The van der Waals surface area contributed by atoms with E-state index in [0.717, 1.165) is 11.3 Å². The lowest BCUT2D eigenvalue weighted by atomic mass is 10.0. The van der Waals surface area contributed by atoms with Crippen LogP contribution in [0.25, 0.3) is 0 Å². The summed E-state index contributed by atoms with van der Waals surface area (Å²) in [7, 11) is 0. The molecule has 1 aromatic heterocycles. The van der Waals surface area contributed by atoms with E-state index in [-0.39, 0.29) is 0 Å². The molecular formula is C13H17NO. The Balaban J connectivity index is 1.94. The third-order valence-corrected chi connectivity index (χ3v) is 4.15. The van der Waals surface area contributed by atoms with Crippen LogP contribution in [0.15, 0.2) is 18.3 Å². The summed E-state index contributed by atoms with van der Waals surface area (Å²) in [5.41, 5.74) is 1.58. The Kier molecular flexibility index (Phi) is 1.90. The summed E-state index contributed by atoms with van der Waals surface area (Å²) in [4.78, 5) is 4.19. The highest BCUT2D eigenvalue weighted by atomic mass is 16.3. The van der Waals surface area contributed by atoms with Crippen molar-refractivity contribution < 1.29 is 5.11 Å². The molecule has 2 heteroatoms. The van der Waals surface area contributed by atoms with Gasteiger partial charge < -0.3 is 5.11 Å². The predicted octanol–water partition coefficient (Wildman–Crippen LogP) is 2.40. The van der Waals surface area contributed by atoms with Crippen molar-refractivity contribution in [3.63, 3.8) is 0 Å². The smallest absolute Gasteiger partial charge is 0.0961 e. The van der Waals surface area contributed by atoms with E-state index in [2.05, 4.69) is 4.98 Å². The first-order valence-corrected chi connectivity index (χ1v) is 5.88. The van der Waals surface area contributed by atoms with Crippen molar-refractivity contribution in [3.05, 3.63) is 29.6 Å². The van der Waals surface area contributed by atoms with Crippen molar-refractivity contribution in [3.8, 4) is 0 Å². The van der Waals surface area contributed by atoms with Crippen molar-refractivity contribution in [2.75, 3.05) is 0 Å². The quantitative estimate of drug-likeness (QED) is 0.760. The van der Waals surface area contributed by atoms with E-state index in [1.807, 2.05) is 25.3 Å². The van der Waals surface area contributed by atoms with Crippen LogP contribution in [0.3, 0.4) is 0 Å². The summed E-state index contributed by atoms with van der Waals surface area (Å²) in [5.74, 6) is 1.04. The Morgan fingerprint density at radius 3 is 2.60 bits per heavy atom. The third-order valence-electron chi connectivity index (χ3n) is 4.15. The number of pyridine rings is 1.